The van der Waals surface area contributed by atoms with E-state index in [2.05, 4.69) is 0 Å². The Kier molecular flexibility index (Phi) is 5.64. The van der Waals surface area contributed by atoms with Crippen LogP contribution in [0.1, 0.15) is 26.2 Å². The zero-order chi connectivity index (χ0) is 12.1. The average molecular weight is 227 g/mol. The summed E-state index contributed by atoms with van der Waals surface area (Å²) >= 11 is 0. The smallest absolute Gasteiger partial charge is 0.384 e. The first-order valence-electron chi connectivity index (χ1n) is 4.77. The van der Waals surface area contributed by atoms with E-state index >= 15 is 0 Å². The second kappa shape index (κ2) is 5.95. The van der Waals surface area contributed by atoms with E-state index < -0.39 is 12.3 Å². The minimum Gasteiger partial charge on any atom is -0.384 e. The van der Waals surface area contributed by atoms with Crippen molar-refractivity contribution in [2.24, 2.45) is 0 Å². The molecule has 0 spiro atoms. The van der Waals surface area contributed by atoms with Crippen molar-refractivity contribution < 1.29 is 23.1 Å². The second-order valence-electron chi connectivity index (χ2n) is 3.38. The molecule has 0 radical (unpaired) electrons. The fourth-order valence-corrected chi connectivity index (χ4v) is 1.01. The van der Waals surface area contributed by atoms with Crippen LogP contribution in [0.25, 0.3) is 0 Å². The van der Waals surface area contributed by atoms with Gasteiger partial charge in [-0.15, -0.1) is 0 Å². The molecule has 1 aliphatic heterocycles. The van der Waals surface area contributed by atoms with E-state index in [0.29, 0.717) is 5.91 Å². The van der Waals surface area contributed by atoms with Crippen molar-refractivity contribution in [3.05, 3.63) is 0 Å². The van der Waals surface area contributed by atoms with Crippen LogP contribution in [-0.4, -0.2) is 41.8 Å². The molecule has 15 heavy (non-hydrogen) atoms. The molecule has 3 nitrogen and oxygen atoms in total. The summed E-state index contributed by atoms with van der Waals surface area (Å²) in [6, 6.07) is 0. The third kappa shape index (κ3) is 5.61. The largest absolute Gasteiger partial charge is 0.414 e. The Bertz CT molecular complexity index is 206. The zero-order valence-electron chi connectivity index (χ0n) is 8.84. The fraction of sp³-hybridized carbons (Fsp3) is 0.889. The van der Waals surface area contributed by atoms with E-state index in [9.17, 15) is 18.0 Å². The molecule has 0 saturated carbocycles. The summed E-state index contributed by atoms with van der Waals surface area (Å²) in [5, 5.41) is 8.07. The van der Waals surface area contributed by atoms with Gasteiger partial charge in [0.15, 0.2) is 0 Å². The molecule has 90 valence electrons. The topological polar surface area (TPSA) is 40.5 Å². The Balaban J connectivity index is 0.000000262. The van der Waals surface area contributed by atoms with Crippen molar-refractivity contribution in [1.82, 2.24) is 4.90 Å². The molecular weight excluding hydrogens is 211 g/mol. The van der Waals surface area contributed by atoms with Crippen molar-refractivity contribution >= 4 is 5.91 Å². The van der Waals surface area contributed by atoms with Gasteiger partial charge in [0.25, 0.3) is 0 Å². The van der Waals surface area contributed by atoms with Crippen molar-refractivity contribution in [1.29, 1.82) is 0 Å². The molecule has 1 atom stereocenters. The monoisotopic (exact) mass is 227 g/mol. The second-order valence-corrected chi connectivity index (χ2v) is 3.38. The summed E-state index contributed by atoms with van der Waals surface area (Å²) in [6.45, 7) is 2.23. The standard InChI is InChI=1S/C5H9NO.C4H7F3O/c1-6-4-2-3-5(6)7;1-2-3(8)4(5,6)7/h2-4H2,1H3;3,8H,2H2,1H3. The quantitative estimate of drug-likeness (QED) is 0.738. The lowest BCUT2D eigenvalue weighted by molar-refractivity contribution is -0.204. The van der Waals surface area contributed by atoms with Crippen LogP contribution in [0.15, 0.2) is 0 Å². The van der Waals surface area contributed by atoms with Crippen LogP contribution in [-0.2, 0) is 4.79 Å². The lowest BCUT2D eigenvalue weighted by Crippen LogP contribution is -2.27. The molecule has 1 amide bonds. The molecule has 1 fully saturated rings. The van der Waals surface area contributed by atoms with Crippen LogP contribution in [0, 0.1) is 0 Å². The number of halogens is 3. The zero-order valence-corrected chi connectivity index (χ0v) is 8.84. The Morgan fingerprint density at radius 1 is 1.53 bits per heavy atom. The molecule has 0 aromatic rings. The highest BCUT2D eigenvalue weighted by atomic mass is 19.4. The van der Waals surface area contributed by atoms with Gasteiger partial charge in [-0.2, -0.15) is 13.2 Å². The summed E-state index contributed by atoms with van der Waals surface area (Å²) in [7, 11) is 1.84. The van der Waals surface area contributed by atoms with Crippen molar-refractivity contribution in [2.45, 2.75) is 38.5 Å². The van der Waals surface area contributed by atoms with Gasteiger partial charge in [-0.1, -0.05) is 6.92 Å². The first-order chi connectivity index (χ1) is 6.79. The van der Waals surface area contributed by atoms with Gasteiger partial charge < -0.3 is 10.0 Å². The molecule has 0 aliphatic carbocycles. The third-order valence-electron chi connectivity index (χ3n) is 2.07. The molecule has 0 aromatic heterocycles. The van der Waals surface area contributed by atoms with Crippen LogP contribution >= 0.6 is 0 Å². The predicted molar refractivity (Wildman–Crippen MR) is 49.2 cm³/mol. The highest BCUT2D eigenvalue weighted by molar-refractivity contribution is 5.77. The molecule has 1 heterocycles. The van der Waals surface area contributed by atoms with Gasteiger partial charge in [0, 0.05) is 20.0 Å². The average Bonchev–Trinajstić information content (AvgIpc) is 2.49. The number of likely N-dealkylation sites (tertiary alicyclic amines) is 1. The molecule has 0 aromatic carbocycles. The predicted octanol–water partition coefficient (Wildman–Crippen LogP) is 1.56. The SMILES string of the molecule is CCC(O)C(F)(F)F.CN1CCCC1=O. The van der Waals surface area contributed by atoms with Gasteiger partial charge in [0.05, 0.1) is 0 Å². The maximum absolute atomic E-state index is 11.2. The Labute approximate surface area is 86.9 Å². The molecule has 1 N–H and O–H groups in total. The first kappa shape index (κ1) is 14.2. The summed E-state index contributed by atoms with van der Waals surface area (Å²) in [4.78, 5) is 12.3. The summed E-state index contributed by atoms with van der Waals surface area (Å²) in [5.41, 5.74) is 0. The molecule has 1 saturated heterocycles. The van der Waals surface area contributed by atoms with Crippen molar-refractivity contribution in [3.8, 4) is 0 Å². The van der Waals surface area contributed by atoms with Gasteiger partial charge in [-0.25, -0.2) is 0 Å². The Hall–Kier alpha value is -0.780. The number of hydrogen-bond donors (Lipinski definition) is 1. The number of alkyl halides is 3. The number of rotatable bonds is 1. The number of aliphatic hydroxyl groups is 1. The van der Waals surface area contributed by atoms with Gasteiger partial charge in [-0.3, -0.25) is 4.79 Å². The Morgan fingerprint density at radius 2 is 2.07 bits per heavy atom. The first-order valence-corrected chi connectivity index (χ1v) is 4.77. The number of aliphatic hydroxyl groups excluding tert-OH is 1. The maximum atomic E-state index is 11.2. The third-order valence-corrected chi connectivity index (χ3v) is 2.07. The summed E-state index contributed by atoms with van der Waals surface area (Å²) in [5.74, 6) is 0.292. The van der Waals surface area contributed by atoms with Crippen LogP contribution in [0.4, 0.5) is 13.2 Å². The lowest BCUT2D eigenvalue weighted by Gasteiger charge is -2.10. The van der Waals surface area contributed by atoms with Gasteiger partial charge >= 0.3 is 6.18 Å². The Morgan fingerprint density at radius 3 is 2.13 bits per heavy atom. The van der Waals surface area contributed by atoms with E-state index in [0.717, 1.165) is 19.4 Å². The molecular formula is C9H16F3NO2. The summed E-state index contributed by atoms with van der Waals surface area (Å²) in [6.07, 6.45) is -5.05. The lowest BCUT2D eigenvalue weighted by atomic mass is 10.3. The van der Waals surface area contributed by atoms with Crippen LogP contribution in [0.3, 0.4) is 0 Å². The number of carbonyl (C=O) groups excluding carboxylic acids is 1. The molecule has 1 rings (SSSR count). The number of nitrogens with zero attached hydrogens (tertiary/aromatic N) is 1. The van der Waals surface area contributed by atoms with Crippen LogP contribution in [0.5, 0.6) is 0 Å². The summed E-state index contributed by atoms with van der Waals surface area (Å²) < 4.78 is 33.6. The highest BCUT2D eigenvalue weighted by Gasteiger charge is 2.36. The van der Waals surface area contributed by atoms with Crippen molar-refractivity contribution in [3.63, 3.8) is 0 Å². The van der Waals surface area contributed by atoms with E-state index in [1.165, 1.54) is 6.92 Å². The van der Waals surface area contributed by atoms with E-state index in [1.54, 1.807) is 4.90 Å². The number of amides is 1. The maximum Gasteiger partial charge on any atom is 0.414 e. The van der Waals surface area contributed by atoms with Crippen LogP contribution < -0.4 is 0 Å². The van der Waals surface area contributed by atoms with Gasteiger partial charge in [-0.05, 0) is 12.8 Å². The van der Waals surface area contributed by atoms with Crippen molar-refractivity contribution in [2.75, 3.05) is 13.6 Å². The highest BCUT2D eigenvalue weighted by Crippen LogP contribution is 2.21. The van der Waals surface area contributed by atoms with Crippen LogP contribution in [0.2, 0.25) is 0 Å². The molecule has 0 bridgehead atoms. The van der Waals surface area contributed by atoms with E-state index in [1.807, 2.05) is 7.05 Å². The minimum absolute atomic E-state index is 0.274. The minimum atomic E-state index is -4.44. The molecule has 1 aliphatic rings. The van der Waals surface area contributed by atoms with E-state index in [-0.39, 0.29) is 6.42 Å². The van der Waals surface area contributed by atoms with Gasteiger partial charge in [0.1, 0.15) is 6.10 Å². The fourth-order valence-electron chi connectivity index (χ4n) is 1.01. The molecule has 1 unspecified atom stereocenters. The normalized spacial score (nSPS) is 18.5. The molecule has 6 heteroatoms. The van der Waals surface area contributed by atoms with E-state index in [4.69, 9.17) is 5.11 Å². The number of hydrogen-bond acceptors (Lipinski definition) is 2. The van der Waals surface area contributed by atoms with Gasteiger partial charge in [0.2, 0.25) is 5.91 Å². The number of carbonyl (C=O) groups is 1.